The fourth-order valence-electron chi connectivity index (χ4n) is 4.21. The number of methoxy groups -OCH3 is 1. The average Bonchev–Trinajstić information content (AvgIpc) is 3.36. The number of hydrogen-bond donors (Lipinski definition) is 1. The Hall–Kier alpha value is -2.58. The van der Waals surface area contributed by atoms with Gasteiger partial charge in [-0.2, -0.15) is 4.31 Å². The lowest BCUT2D eigenvalue weighted by Gasteiger charge is -2.28. The van der Waals surface area contributed by atoms with Crippen LogP contribution in [0.3, 0.4) is 0 Å². The molecule has 1 N–H and O–H groups in total. The summed E-state index contributed by atoms with van der Waals surface area (Å²) in [5.74, 6) is -0.0659. The molecule has 31 heavy (non-hydrogen) atoms. The number of piperidine rings is 1. The van der Waals surface area contributed by atoms with Crippen LogP contribution in [0.5, 0.6) is 5.75 Å². The van der Waals surface area contributed by atoms with Gasteiger partial charge in [-0.1, -0.05) is 0 Å². The summed E-state index contributed by atoms with van der Waals surface area (Å²) in [6, 6.07) is 12.2. The number of nitrogens with one attached hydrogen (secondary N) is 1. The second kappa shape index (κ2) is 9.28. The minimum atomic E-state index is -3.62. The van der Waals surface area contributed by atoms with Crippen LogP contribution in [0, 0.1) is 0 Å². The van der Waals surface area contributed by atoms with Gasteiger partial charge in [0, 0.05) is 37.6 Å². The predicted molar refractivity (Wildman–Crippen MR) is 121 cm³/mol. The second-order valence-corrected chi connectivity index (χ2v) is 9.96. The van der Waals surface area contributed by atoms with E-state index in [2.05, 4.69) is 10.2 Å². The zero-order chi connectivity index (χ0) is 21.8. The van der Waals surface area contributed by atoms with Crippen molar-refractivity contribution < 1.29 is 17.9 Å². The number of hydrogen-bond acceptors (Lipinski definition) is 5. The van der Waals surface area contributed by atoms with Gasteiger partial charge in [0.2, 0.25) is 10.0 Å². The van der Waals surface area contributed by atoms with E-state index in [9.17, 15) is 13.2 Å². The number of anilines is 2. The van der Waals surface area contributed by atoms with Crippen LogP contribution in [-0.4, -0.2) is 51.9 Å². The molecule has 2 saturated heterocycles. The normalized spacial score (nSPS) is 17.5. The maximum atomic E-state index is 13.0. The molecule has 2 heterocycles. The summed E-state index contributed by atoms with van der Waals surface area (Å²) < 4.78 is 32.6. The van der Waals surface area contributed by atoms with Gasteiger partial charge in [0.1, 0.15) is 5.75 Å². The van der Waals surface area contributed by atoms with E-state index >= 15 is 0 Å². The molecule has 0 aliphatic carbocycles. The molecule has 0 radical (unpaired) electrons. The topological polar surface area (TPSA) is 79.0 Å². The van der Waals surface area contributed by atoms with Gasteiger partial charge in [0.15, 0.2) is 0 Å². The average molecular weight is 444 g/mol. The highest BCUT2D eigenvalue weighted by molar-refractivity contribution is 7.89. The molecule has 8 heteroatoms. The van der Waals surface area contributed by atoms with Crippen molar-refractivity contribution in [3.63, 3.8) is 0 Å². The van der Waals surface area contributed by atoms with E-state index in [1.54, 1.807) is 0 Å². The van der Waals surface area contributed by atoms with Gasteiger partial charge in [-0.3, -0.25) is 4.79 Å². The van der Waals surface area contributed by atoms with Crippen molar-refractivity contribution in [1.29, 1.82) is 0 Å². The Morgan fingerprint density at radius 1 is 0.903 bits per heavy atom. The Morgan fingerprint density at radius 2 is 1.55 bits per heavy atom. The molecule has 2 aromatic carbocycles. The van der Waals surface area contributed by atoms with Gasteiger partial charge in [-0.25, -0.2) is 8.42 Å². The van der Waals surface area contributed by atoms with E-state index in [4.69, 9.17) is 4.74 Å². The van der Waals surface area contributed by atoms with Crippen LogP contribution >= 0.6 is 0 Å². The van der Waals surface area contributed by atoms with Crippen LogP contribution in [-0.2, 0) is 10.0 Å². The fraction of sp³-hybridized carbons (Fsp3) is 0.435. The molecular formula is C23H29N3O4S. The number of carbonyl (C=O) groups excluding carboxylic acids is 1. The highest BCUT2D eigenvalue weighted by Gasteiger charge is 2.28. The molecule has 0 aromatic heterocycles. The lowest BCUT2D eigenvalue weighted by molar-refractivity contribution is 0.102. The number of nitrogens with zero attached hydrogens (tertiary/aromatic N) is 2. The van der Waals surface area contributed by atoms with Crippen molar-refractivity contribution >= 4 is 27.3 Å². The van der Waals surface area contributed by atoms with E-state index in [1.165, 1.54) is 48.9 Å². The van der Waals surface area contributed by atoms with E-state index < -0.39 is 15.9 Å². The van der Waals surface area contributed by atoms with Gasteiger partial charge in [-0.15, -0.1) is 0 Å². The Balaban J connectivity index is 1.53. The van der Waals surface area contributed by atoms with Crippen molar-refractivity contribution in [3.05, 3.63) is 48.0 Å². The van der Waals surface area contributed by atoms with Crippen molar-refractivity contribution in [2.45, 2.75) is 37.0 Å². The van der Waals surface area contributed by atoms with Gasteiger partial charge in [0.25, 0.3) is 5.91 Å². The van der Waals surface area contributed by atoms with Crippen molar-refractivity contribution in [1.82, 2.24) is 4.31 Å². The van der Waals surface area contributed by atoms with Crippen molar-refractivity contribution in [3.8, 4) is 5.75 Å². The summed E-state index contributed by atoms with van der Waals surface area (Å²) in [7, 11) is -2.15. The van der Waals surface area contributed by atoms with Crippen LogP contribution in [0.2, 0.25) is 0 Å². The first kappa shape index (κ1) is 21.6. The summed E-state index contributed by atoms with van der Waals surface area (Å²) in [5, 5.41) is 2.87. The maximum absolute atomic E-state index is 13.0. The Morgan fingerprint density at radius 3 is 2.19 bits per heavy atom. The third-order valence-corrected chi connectivity index (χ3v) is 7.86. The number of ether oxygens (including phenoxy) is 1. The number of sulfonamides is 1. The number of amides is 1. The van der Waals surface area contributed by atoms with Crippen molar-refractivity contribution in [2.24, 2.45) is 0 Å². The number of carbonyl (C=O) groups is 1. The first-order chi connectivity index (χ1) is 15.0. The Kier molecular flexibility index (Phi) is 6.48. The first-order valence-electron chi connectivity index (χ1n) is 10.8. The number of benzene rings is 2. The monoisotopic (exact) mass is 443 g/mol. The predicted octanol–water partition coefficient (Wildman–Crippen LogP) is 3.72. The highest BCUT2D eigenvalue weighted by atomic mass is 32.2. The molecule has 2 aliphatic heterocycles. The summed E-state index contributed by atoms with van der Waals surface area (Å²) in [6.45, 7) is 3.14. The Labute approximate surface area is 184 Å². The van der Waals surface area contributed by atoms with E-state index in [0.29, 0.717) is 24.5 Å². The molecule has 0 spiro atoms. The highest BCUT2D eigenvalue weighted by Crippen LogP contribution is 2.28. The lowest BCUT2D eigenvalue weighted by Crippen LogP contribution is -2.29. The molecule has 0 unspecified atom stereocenters. The molecule has 7 nitrogen and oxygen atoms in total. The second-order valence-electron chi connectivity index (χ2n) is 8.02. The largest absolute Gasteiger partial charge is 0.496 e. The molecule has 1 amide bonds. The minimum absolute atomic E-state index is 0.112. The summed E-state index contributed by atoms with van der Waals surface area (Å²) in [6.07, 6.45) is 5.40. The molecule has 4 rings (SSSR count). The zero-order valence-electron chi connectivity index (χ0n) is 17.8. The fourth-order valence-corrected chi connectivity index (χ4v) is 5.75. The quantitative estimate of drug-likeness (QED) is 0.736. The molecule has 166 valence electrons. The third-order valence-electron chi connectivity index (χ3n) is 5.96. The SMILES string of the molecule is COc1ccc(S(=O)(=O)N2CCCC2)cc1C(=O)Nc1ccc(N2CCCCC2)cc1. The third kappa shape index (κ3) is 4.70. The summed E-state index contributed by atoms with van der Waals surface area (Å²) in [5.41, 5.74) is 2.00. The molecule has 0 bridgehead atoms. The first-order valence-corrected chi connectivity index (χ1v) is 12.3. The molecular weight excluding hydrogens is 414 g/mol. The van der Waals surface area contributed by atoms with Crippen LogP contribution in [0.1, 0.15) is 42.5 Å². The Bertz CT molecular complexity index is 1030. The standard InChI is InChI=1S/C23H29N3O4S/c1-30-22-12-11-20(31(28,29)26-15-5-6-16-26)17-21(22)23(27)24-18-7-9-19(10-8-18)25-13-3-2-4-14-25/h7-12,17H,2-6,13-16H2,1H3,(H,24,27). The van der Waals surface area contributed by atoms with Gasteiger partial charge in [-0.05, 0) is 74.6 Å². The summed E-state index contributed by atoms with van der Waals surface area (Å²) in [4.78, 5) is 15.4. The van der Waals surface area contributed by atoms with Gasteiger partial charge in [0.05, 0.1) is 17.6 Å². The van der Waals surface area contributed by atoms with Crippen LogP contribution < -0.4 is 15.0 Å². The lowest BCUT2D eigenvalue weighted by atomic mass is 10.1. The maximum Gasteiger partial charge on any atom is 0.259 e. The molecule has 2 aromatic rings. The molecule has 0 atom stereocenters. The van der Waals surface area contributed by atoms with Crippen LogP contribution in [0.15, 0.2) is 47.4 Å². The number of rotatable bonds is 6. The van der Waals surface area contributed by atoms with Crippen LogP contribution in [0.4, 0.5) is 11.4 Å². The minimum Gasteiger partial charge on any atom is -0.496 e. The van der Waals surface area contributed by atoms with Gasteiger partial charge >= 0.3 is 0 Å². The smallest absolute Gasteiger partial charge is 0.259 e. The zero-order valence-corrected chi connectivity index (χ0v) is 18.7. The van der Waals surface area contributed by atoms with E-state index in [-0.39, 0.29) is 10.5 Å². The van der Waals surface area contributed by atoms with E-state index in [0.717, 1.165) is 31.6 Å². The van der Waals surface area contributed by atoms with Crippen LogP contribution in [0.25, 0.3) is 0 Å². The van der Waals surface area contributed by atoms with Crippen molar-refractivity contribution in [2.75, 3.05) is 43.5 Å². The summed E-state index contributed by atoms with van der Waals surface area (Å²) >= 11 is 0. The molecule has 2 fully saturated rings. The van der Waals surface area contributed by atoms with Gasteiger partial charge < -0.3 is 15.0 Å². The molecule has 0 saturated carbocycles. The van der Waals surface area contributed by atoms with E-state index in [1.807, 2.05) is 24.3 Å². The molecule has 2 aliphatic rings.